The summed E-state index contributed by atoms with van der Waals surface area (Å²) in [6.07, 6.45) is 0.822. The number of H-pyrrole nitrogens is 1. The Labute approximate surface area is 161 Å². The zero-order valence-electron chi connectivity index (χ0n) is 14.6. The number of fused-ring (bicyclic) bond motifs is 1. The van der Waals surface area contributed by atoms with Crippen molar-refractivity contribution in [2.24, 2.45) is 5.92 Å². The van der Waals surface area contributed by atoms with Crippen LogP contribution in [0.25, 0.3) is 11.0 Å². The Morgan fingerprint density at radius 3 is 2.93 bits per heavy atom. The number of imidazole rings is 1. The summed E-state index contributed by atoms with van der Waals surface area (Å²) in [5, 5.41) is 3.49. The first kappa shape index (κ1) is 17.5. The van der Waals surface area contributed by atoms with Gasteiger partial charge in [0.05, 0.1) is 17.0 Å². The van der Waals surface area contributed by atoms with Crippen molar-refractivity contribution in [2.45, 2.75) is 12.8 Å². The topological polar surface area (TPSA) is 78.1 Å². The second kappa shape index (κ2) is 7.40. The van der Waals surface area contributed by atoms with Crippen LogP contribution in [-0.2, 0) is 16.0 Å². The summed E-state index contributed by atoms with van der Waals surface area (Å²) < 4.78 is 0. The van der Waals surface area contributed by atoms with Gasteiger partial charge in [-0.15, -0.1) is 0 Å². The second-order valence-electron chi connectivity index (χ2n) is 6.63. The number of carbonyl (C=O) groups is 2. The van der Waals surface area contributed by atoms with Gasteiger partial charge < -0.3 is 15.2 Å². The highest BCUT2D eigenvalue weighted by Gasteiger charge is 2.35. The molecule has 2 N–H and O–H groups in total. The Kier molecular flexibility index (Phi) is 4.81. The number of amides is 2. The molecule has 0 spiro atoms. The minimum atomic E-state index is -0.354. The molecule has 1 saturated heterocycles. The maximum absolute atomic E-state index is 12.5. The summed E-state index contributed by atoms with van der Waals surface area (Å²) in [5.74, 6) is 0.311. The van der Waals surface area contributed by atoms with E-state index in [9.17, 15) is 9.59 Å². The maximum atomic E-state index is 12.5. The molecule has 2 aromatic carbocycles. The quantitative estimate of drug-likeness (QED) is 0.712. The number of para-hydroxylation sites is 2. The average Bonchev–Trinajstić information content (AvgIpc) is 3.24. The fourth-order valence-electron chi connectivity index (χ4n) is 3.35. The Balaban J connectivity index is 1.33. The van der Waals surface area contributed by atoms with E-state index in [1.165, 1.54) is 0 Å². The van der Waals surface area contributed by atoms with Gasteiger partial charge in [0.1, 0.15) is 5.82 Å². The maximum Gasteiger partial charge on any atom is 0.227 e. The van der Waals surface area contributed by atoms with Crippen molar-refractivity contribution >= 4 is 40.1 Å². The van der Waals surface area contributed by atoms with Gasteiger partial charge in [0.2, 0.25) is 11.8 Å². The van der Waals surface area contributed by atoms with Crippen LogP contribution in [-0.4, -0.2) is 34.9 Å². The van der Waals surface area contributed by atoms with Gasteiger partial charge in [-0.05, 0) is 30.3 Å². The molecular weight excluding hydrogens is 364 g/mol. The van der Waals surface area contributed by atoms with Crippen molar-refractivity contribution in [3.05, 3.63) is 59.4 Å². The van der Waals surface area contributed by atoms with Crippen LogP contribution < -0.4 is 10.2 Å². The minimum Gasteiger partial charge on any atom is -0.355 e. The standard InChI is InChI=1S/C20H19ClN4O2/c21-14-4-3-5-15(11-14)25-12-13(10-19(25)26)20(27)22-9-8-18-23-16-6-1-2-7-17(16)24-18/h1-7,11,13H,8-10,12H2,(H,22,27)(H,23,24). The lowest BCUT2D eigenvalue weighted by atomic mass is 10.1. The molecule has 1 aromatic heterocycles. The van der Waals surface area contributed by atoms with E-state index in [1.54, 1.807) is 23.1 Å². The number of aromatic amines is 1. The third-order valence-electron chi connectivity index (χ3n) is 4.72. The van der Waals surface area contributed by atoms with Gasteiger partial charge in [-0.1, -0.05) is 29.8 Å². The predicted molar refractivity (Wildman–Crippen MR) is 105 cm³/mol. The first-order valence-corrected chi connectivity index (χ1v) is 9.25. The smallest absolute Gasteiger partial charge is 0.227 e. The molecule has 2 amide bonds. The van der Waals surface area contributed by atoms with E-state index in [0.29, 0.717) is 24.5 Å². The van der Waals surface area contributed by atoms with Crippen LogP contribution in [0.2, 0.25) is 5.02 Å². The number of hydrogen-bond acceptors (Lipinski definition) is 3. The average molecular weight is 383 g/mol. The predicted octanol–water partition coefficient (Wildman–Crippen LogP) is 2.93. The molecule has 3 aromatic rings. The lowest BCUT2D eigenvalue weighted by Gasteiger charge is -2.17. The van der Waals surface area contributed by atoms with Crippen molar-refractivity contribution < 1.29 is 9.59 Å². The number of nitrogens with zero attached hydrogens (tertiary/aromatic N) is 2. The molecule has 4 rings (SSSR count). The zero-order chi connectivity index (χ0) is 18.8. The molecule has 27 heavy (non-hydrogen) atoms. The van der Waals surface area contributed by atoms with E-state index in [4.69, 9.17) is 11.6 Å². The fraction of sp³-hybridized carbons (Fsp3) is 0.250. The molecule has 0 bridgehead atoms. The molecule has 138 valence electrons. The Hall–Kier alpha value is -2.86. The number of hydrogen-bond donors (Lipinski definition) is 2. The van der Waals surface area contributed by atoms with Crippen molar-refractivity contribution in [1.29, 1.82) is 0 Å². The molecule has 1 aliphatic heterocycles. The van der Waals surface area contributed by atoms with Crippen LogP contribution in [0.4, 0.5) is 5.69 Å². The Morgan fingerprint density at radius 1 is 1.26 bits per heavy atom. The van der Waals surface area contributed by atoms with E-state index >= 15 is 0 Å². The number of benzene rings is 2. The highest BCUT2D eigenvalue weighted by atomic mass is 35.5. The van der Waals surface area contributed by atoms with Crippen LogP contribution >= 0.6 is 11.6 Å². The van der Waals surface area contributed by atoms with Crippen LogP contribution in [0.3, 0.4) is 0 Å². The second-order valence-corrected chi connectivity index (χ2v) is 7.06. The Morgan fingerprint density at radius 2 is 2.11 bits per heavy atom. The molecule has 2 heterocycles. The molecule has 1 aliphatic rings. The van der Waals surface area contributed by atoms with Crippen LogP contribution in [0.5, 0.6) is 0 Å². The van der Waals surface area contributed by atoms with Crippen molar-refractivity contribution in [3.8, 4) is 0 Å². The highest BCUT2D eigenvalue weighted by molar-refractivity contribution is 6.31. The molecule has 0 radical (unpaired) electrons. The monoisotopic (exact) mass is 382 g/mol. The van der Waals surface area contributed by atoms with E-state index in [2.05, 4.69) is 15.3 Å². The summed E-state index contributed by atoms with van der Waals surface area (Å²) in [4.78, 5) is 34.1. The molecule has 0 aliphatic carbocycles. The number of halogens is 1. The van der Waals surface area contributed by atoms with Crippen LogP contribution in [0.1, 0.15) is 12.2 Å². The van der Waals surface area contributed by atoms with Gasteiger partial charge in [0, 0.05) is 36.6 Å². The van der Waals surface area contributed by atoms with E-state index < -0.39 is 0 Å². The fourth-order valence-corrected chi connectivity index (χ4v) is 3.53. The molecular formula is C20H19ClN4O2. The van der Waals surface area contributed by atoms with E-state index in [-0.39, 0.29) is 24.2 Å². The van der Waals surface area contributed by atoms with Crippen molar-refractivity contribution in [1.82, 2.24) is 15.3 Å². The summed E-state index contributed by atoms with van der Waals surface area (Å²) >= 11 is 6.00. The minimum absolute atomic E-state index is 0.0605. The van der Waals surface area contributed by atoms with E-state index in [0.717, 1.165) is 22.5 Å². The summed E-state index contributed by atoms with van der Waals surface area (Å²) in [7, 11) is 0. The summed E-state index contributed by atoms with van der Waals surface area (Å²) in [5.41, 5.74) is 2.62. The number of carbonyl (C=O) groups excluding carboxylic acids is 2. The lowest BCUT2D eigenvalue weighted by Crippen LogP contribution is -2.34. The van der Waals surface area contributed by atoms with Crippen LogP contribution in [0, 0.1) is 5.92 Å². The van der Waals surface area contributed by atoms with Gasteiger partial charge in [0.15, 0.2) is 0 Å². The SMILES string of the molecule is O=C(NCCc1nc2ccccc2[nH]1)C1CC(=O)N(c2cccc(Cl)c2)C1. The van der Waals surface area contributed by atoms with Gasteiger partial charge in [-0.25, -0.2) is 4.98 Å². The van der Waals surface area contributed by atoms with Crippen molar-refractivity contribution in [3.63, 3.8) is 0 Å². The highest BCUT2D eigenvalue weighted by Crippen LogP contribution is 2.27. The van der Waals surface area contributed by atoms with Crippen molar-refractivity contribution in [2.75, 3.05) is 18.0 Å². The summed E-state index contributed by atoms with van der Waals surface area (Å²) in [6, 6.07) is 14.9. The third kappa shape index (κ3) is 3.80. The molecule has 1 atom stereocenters. The number of rotatable bonds is 5. The van der Waals surface area contributed by atoms with Gasteiger partial charge in [-0.2, -0.15) is 0 Å². The molecule has 1 fully saturated rings. The first-order chi connectivity index (χ1) is 13.1. The summed E-state index contributed by atoms with van der Waals surface area (Å²) in [6.45, 7) is 0.843. The molecule has 0 saturated carbocycles. The lowest BCUT2D eigenvalue weighted by molar-refractivity contribution is -0.126. The number of anilines is 1. The molecule has 7 heteroatoms. The van der Waals surface area contributed by atoms with Crippen LogP contribution in [0.15, 0.2) is 48.5 Å². The van der Waals surface area contributed by atoms with Gasteiger partial charge in [0.25, 0.3) is 0 Å². The Bertz CT molecular complexity index is 967. The zero-order valence-corrected chi connectivity index (χ0v) is 15.4. The third-order valence-corrected chi connectivity index (χ3v) is 4.95. The molecule has 1 unspecified atom stereocenters. The van der Waals surface area contributed by atoms with Gasteiger partial charge in [-0.3, -0.25) is 9.59 Å². The normalized spacial score (nSPS) is 16.9. The molecule has 6 nitrogen and oxygen atoms in total. The van der Waals surface area contributed by atoms with Gasteiger partial charge >= 0.3 is 0 Å². The first-order valence-electron chi connectivity index (χ1n) is 8.87. The van der Waals surface area contributed by atoms with E-state index in [1.807, 2.05) is 30.3 Å². The largest absolute Gasteiger partial charge is 0.355 e. The number of nitrogens with one attached hydrogen (secondary N) is 2. The number of aromatic nitrogens is 2.